The van der Waals surface area contributed by atoms with Gasteiger partial charge in [-0.1, -0.05) is 20.8 Å². The molecule has 4 rings (SSSR count). The van der Waals surface area contributed by atoms with Gasteiger partial charge in [0.1, 0.15) is 18.1 Å². The van der Waals surface area contributed by atoms with Gasteiger partial charge in [-0.15, -0.1) is 10.2 Å². The van der Waals surface area contributed by atoms with Crippen molar-refractivity contribution in [2.45, 2.75) is 53.5 Å². The van der Waals surface area contributed by atoms with Crippen LogP contribution in [0.5, 0.6) is 5.75 Å². The number of Topliss-reactive ketones (excluding diaryl/α,β-unsaturated/α-hetero) is 1. The molecule has 200 valence electrons. The highest BCUT2D eigenvalue weighted by molar-refractivity contribution is 5.97. The van der Waals surface area contributed by atoms with Crippen LogP contribution in [0.3, 0.4) is 0 Å². The molecule has 0 unspecified atom stereocenters. The van der Waals surface area contributed by atoms with Gasteiger partial charge in [0.15, 0.2) is 11.4 Å². The van der Waals surface area contributed by atoms with Gasteiger partial charge in [-0.25, -0.2) is 4.68 Å². The molecule has 0 spiro atoms. The van der Waals surface area contributed by atoms with Crippen molar-refractivity contribution in [2.75, 3.05) is 56.3 Å². The van der Waals surface area contributed by atoms with E-state index in [1.165, 1.54) is 9.20 Å². The normalized spacial score (nSPS) is 14.3. The number of benzene rings is 1. The van der Waals surface area contributed by atoms with Crippen LogP contribution in [0.1, 0.15) is 56.1 Å². The first-order valence-corrected chi connectivity index (χ1v) is 12.9. The number of ether oxygens (including phenoxy) is 2. The van der Waals surface area contributed by atoms with Crippen molar-refractivity contribution in [3.8, 4) is 5.75 Å². The third kappa shape index (κ3) is 5.20. The molecule has 0 bridgehead atoms. The maximum absolute atomic E-state index is 13.6. The lowest BCUT2D eigenvalue weighted by molar-refractivity contribution is 0.0965. The highest BCUT2D eigenvalue weighted by atomic mass is 16.5. The minimum absolute atomic E-state index is 0.0549. The van der Waals surface area contributed by atoms with E-state index < -0.39 is 0 Å². The largest absolute Gasteiger partial charge is 0.494 e. The fourth-order valence-electron chi connectivity index (χ4n) is 4.77. The predicted octanol–water partition coefficient (Wildman–Crippen LogP) is 3.19. The molecule has 0 saturated carbocycles. The molecule has 0 amide bonds. The summed E-state index contributed by atoms with van der Waals surface area (Å²) in [6.45, 7) is 16.7. The summed E-state index contributed by atoms with van der Waals surface area (Å²) in [5.41, 5.74) is 3.76. The molecule has 0 atom stereocenters. The smallest absolute Gasteiger partial charge is 0.242 e. The monoisotopic (exact) mass is 509 g/mol. The van der Waals surface area contributed by atoms with Crippen molar-refractivity contribution in [3.63, 3.8) is 0 Å². The molecule has 0 aliphatic carbocycles. The zero-order chi connectivity index (χ0) is 26.9. The van der Waals surface area contributed by atoms with Gasteiger partial charge in [-0.3, -0.25) is 10.2 Å². The van der Waals surface area contributed by atoms with Crippen molar-refractivity contribution < 1.29 is 14.3 Å². The number of carbonyl (C=O) groups excluding carboxylic acids is 1. The molecule has 10 heteroatoms. The molecule has 3 heterocycles. The van der Waals surface area contributed by atoms with E-state index in [4.69, 9.17) is 14.9 Å². The van der Waals surface area contributed by atoms with Crippen LogP contribution in [-0.2, 0) is 16.7 Å². The average Bonchev–Trinajstić information content (AvgIpc) is 3.19. The van der Waals surface area contributed by atoms with Crippen LogP contribution in [-0.4, -0.2) is 71.7 Å². The fourth-order valence-corrected chi connectivity index (χ4v) is 4.77. The van der Waals surface area contributed by atoms with Crippen LogP contribution in [0.4, 0.5) is 11.5 Å². The Labute approximate surface area is 218 Å². The van der Waals surface area contributed by atoms with Gasteiger partial charge < -0.3 is 19.3 Å². The molecule has 0 radical (unpaired) electrons. The first-order chi connectivity index (χ1) is 17.6. The lowest BCUT2D eigenvalue weighted by Gasteiger charge is -2.33. The van der Waals surface area contributed by atoms with Crippen molar-refractivity contribution in [2.24, 2.45) is 0 Å². The summed E-state index contributed by atoms with van der Waals surface area (Å²) in [4.78, 5) is 18.0. The van der Waals surface area contributed by atoms with Gasteiger partial charge in [0.25, 0.3) is 0 Å². The molecule has 1 N–H and O–H groups in total. The van der Waals surface area contributed by atoms with Gasteiger partial charge >= 0.3 is 0 Å². The number of anilines is 2. The number of nitrogens with one attached hydrogen (secondary N) is 1. The van der Waals surface area contributed by atoms with Crippen LogP contribution in [0.2, 0.25) is 0 Å². The second-order valence-corrected chi connectivity index (χ2v) is 10.4. The molecular formula is C27H39N7O3. The Morgan fingerprint density at radius 2 is 1.81 bits per heavy atom. The van der Waals surface area contributed by atoms with Crippen LogP contribution >= 0.6 is 0 Å². The standard InChI is InChI=1S/C27H39N7O3/c1-8-31(9-2)23-14-18(3)25-30-33(26(28)34(25)29-23)17-22(35)19-15-20(27(4,5)6)24(36-7)21(16-19)32-10-12-37-13-11-32/h14-16,28H,8-13,17H2,1-7H3. The highest BCUT2D eigenvalue weighted by Gasteiger charge is 2.27. The van der Waals surface area contributed by atoms with E-state index in [0.717, 1.165) is 54.6 Å². The van der Waals surface area contributed by atoms with Crippen molar-refractivity contribution in [1.29, 1.82) is 5.41 Å². The molecule has 2 aromatic heterocycles. The fraction of sp³-hybridized carbons (Fsp3) is 0.556. The zero-order valence-corrected chi connectivity index (χ0v) is 23.1. The summed E-state index contributed by atoms with van der Waals surface area (Å²) in [7, 11) is 1.68. The number of aryl methyl sites for hydroxylation is 1. The second kappa shape index (κ2) is 10.5. The number of fused-ring (bicyclic) bond motifs is 1. The Hall–Kier alpha value is -3.40. The molecule has 1 aromatic carbocycles. The SMILES string of the molecule is CCN(CC)c1cc(C)c2nn(CC(=O)c3cc(N4CCOCC4)c(OC)c(C(C)(C)C)c3)c(=N)n2n1. The average molecular weight is 510 g/mol. The summed E-state index contributed by atoms with van der Waals surface area (Å²) < 4.78 is 14.4. The lowest BCUT2D eigenvalue weighted by atomic mass is 9.84. The van der Waals surface area contributed by atoms with Crippen LogP contribution in [0, 0.1) is 12.3 Å². The first kappa shape index (κ1) is 26.7. The van der Waals surface area contributed by atoms with E-state index in [9.17, 15) is 4.79 Å². The maximum atomic E-state index is 13.6. The molecule has 37 heavy (non-hydrogen) atoms. The minimum Gasteiger partial charge on any atom is -0.494 e. The summed E-state index contributed by atoms with van der Waals surface area (Å²) in [5.74, 6) is 1.46. The van der Waals surface area contributed by atoms with Gasteiger partial charge in [-0.2, -0.15) is 4.52 Å². The molecule has 1 fully saturated rings. The third-order valence-electron chi connectivity index (χ3n) is 6.90. The van der Waals surface area contributed by atoms with E-state index in [2.05, 4.69) is 54.6 Å². The van der Waals surface area contributed by atoms with E-state index in [-0.39, 0.29) is 23.4 Å². The van der Waals surface area contributed by atoms with E-state index in [1.807, 2.05) is 25.1 Å². The summed E-state index contributed by atoms with van der Waals surface area (Å²) >= 11 is 0. The summed E-state index contributed by atoms with van der Waals surface area (Å²) in [5, 5.41) is 18.0. The Morgan fingerprint density at radius 3 is 2.41 bits per heavy atom. The third-order valence-corrected chi connectivity index (χ3v) is 6.90. The van der Waals surface area contributed by atoms with Crippen molar-refractivity contribution >= 4 is 22.9 Å². The molecule has 1 saturated heterocycles. The number of hydrogen-bond donors (Lipinski definition) is 1. The van der Waals surface area contributed by atoms with E-state index in [1.54, 1.807) is 7.11 Å². The Balaban J connectivity index is 1.75. The van der Waals surface area contributed by atoms with E-state index in [0.29, 0.717) is 24.4 Å². The summed E-state index contributed by atoms with van der Waals surface area (Å²) in [6, 6.07) is 5.81. The lowest BCUT2D eigenvalue weighted by Crippen LogP contribution is -2.37. The molecule has 10 nitrogen and oxygen atoms in total. The number of hydrogen-bond acceptors (Lipinski definition) is 8. The number of carbonyl (C=O) groups is 1. The van der Waals surface area contributed by atoms with Crippen molar-refractivity contribution in [3.05, 3.63) is 40.5 Å². The van der Waals surface area contributed by atoms with Gasteiger partial charge in [0, 0.05) is 37.3 Å². The highest BCUT2D eigenvalue weighted by Crippen LogP contribution is 2.40. The predicted molar refractivity (Wildman–Crippen MR) is 144 cm³/mol. The number of ketones is 1. The van der Waals surface area contributed by atoms with E-state index >= 15 is 0 Å². The zero-order valence-electron chi connectivity index (χ0n) is 23.1. The van der Waals surface area contributed by atoms with Crippen LogP contribution in [0.25, 0.3) is 5.65 Å². The first-order valence-electron chi connectivity index (χ1n) is 12.9. The number of aromatic nitrogens is 4. The Kier molecular flexibility index (Phi) is 7.59. The maximum Gasteiger partial charge on any atom is 0.242 e. The molecule has 3 aromatic rings. The second-order valence-electron chi connectivity index (χ2n) is 10.4. The Morgan fingerprint density at radius 1 is 1.14 bits per heavy atom. The molecule has 1 aliphatic rings. The van der Waals surface area contributed by atoms with Gasteiger partial charge in [0.2, 0.25) is 5.62 Å². The number of rotatable bonds is 8. The minimum atomic E-state index is -0.235. The topological polar surface area (TPSA) is 101 Å². The quantitative estimate of drug-likeness (QED) is 0.466. The van der Waals surface area contributed by atoms with Gasteiger partial charge in [0.05, 0.1) is 26.0 Å². The Bertz CT molecular complexity index is 1340. The number of nitrogens with zero attached hydrogens (tertiary/aromatic N) is 6. The number of morpholine rings is 1. The summed E-state index contributed by atoms with van der Waals surface area (Å²) in [6.07, 6.45) is 0. The molecule has 1 aliphatic heterocycles. The van der Waals surface area contributed by atoms with Crippen LogP contribution < -0.4 is 20.2 Å². The van der Waals surface area contributed by atoms with Crippen molar-refractivity contribution in [1.82, 2.24) is 19.4 Å². The molecular weight excluding hydrogens is 470 g/mol. The number of methoxy groups -OCH3 is 1. The van der Waals surface area contributed by atoms with Gasteiger partial charge in [-0.05, 0) is 49.9 Å². The van der Waals surface area contributed by atoms with Crippen LogP contribution in [0.15, 0.2) is 18.2 Å².